The van der Waals surface area contributed by atoms with E-state index in [0.717, 1.165) is 4.90 Å². The van der Waals surface area contributed by atoms with E-state index in [1.807, 2.05) is 0 Å². The van der Waals surface area contributed by atoms with Gasteiger partial charge in [0.2, 0.25) is 5.91 Å². The summed E-state index contributed by atoms with van der Waals surface area (Å²) in [5, 5.41) is 2.84. The molecule has 0 saturated carbocycles. The van der Waals surface area contributed by atoms with Gasteiger partial charge >= 0.3 is 0 Å². The van der Waals surface area contributed by atoms with Crippen LogP contribution in [0.15, 0.2) is 103 Å². The van der Waals surface area contributed by atoms with Crippen molar-refractivity contribution in [2.45, 2.75) is 12.6 Å². The van der Waals surface area contributed by atoms with Gasteiger partial charge in [0.25, 0.3) is 17.6 Å². The number of fused-ring (bicyclic) bond motifs is 1. The maximum absolute atomic E-state index is 14.9. The molecule has 1 heterocycles. The first-order chi connectivity index (χ1) is 19.9. The lowest BCUT2D eigenvalue weighted by Crippen LogP contribution is -2.46. The Labute approximate surface area is 236 Å². The van der Waals surface area contributed by atoms with Crippen molar-refractivity contribution in [1.82, 2.24) is 4.90 Å². The molecule has 3 amide bonds. The van der Waals surface area contributed by atoms with Gasteiger partial charge in [-0.2, -0.15) is 0 Å². The van der Waals surface area contributed by atoms with Gasteiger partial charge in [0.15, 0.2) is 0 Å². The van der Waals surface area contributed by atoms with Crippen LogP contribution in [0.2, 0.25) is 0 Å². The highest BCUT2D eigenvalue weighted by atomic mass is 19.1. The molecule has 0 spiro atoms. The minimum Gasteiger partial charge on any atom is -0.497 e. The summed E-state index contributed by atoms with van der Waals surface area (Å²) < 4.78 is 20.0. The van der Waals surface area contributed by atoms with Gasteiger partial charge in [0.05, 0.1) is 18.4 Å². The van der Waals surface area contributed by atoms with Crippen LogP contribution in [0.3, 0.4) is 0 Å². The summed E-state index contributed by atoms with van der Waals surface area (Å²) in [5.41, 5.74) is 1.63. The van der Waals surface area contributed by atoms with Crippen molar-refractivity contribution < 1.29 is 28.3 Å². The summed E-state index contributed by atoms with van der Waals surface area (Å²) in [7, 11) is 1.53. The standard InChI is InChI=1S/C32H26FN3O5/c1-41-24-17-15-23(16-18-24)34-31(39)29(21-9-3-2-4-10-21)36(19-22-11-5-7-13-26(22)33)28(37)20-35-27-14-8-6-12-25(27)30(38)32(35)40/h2-18,29H,19-20H2,1H3,(H,34,39)/t29-/m0/s1. The van der Waals surface area contributed by atoms with Gasteiger partial charge in [0, 0.05) is 17.8 Å². The Kier molecular flexibility index (Phi) is 7.87. The topological polar surface area (TPSA) is 96.0 Å². The molecule has 1 N–H and O–H groups in total. The number of benzene rings is 4. The molecule has 0 unspecified atom stereocenters. The molecule has 0 fully saturated rings. The van der Waals surface area contributed by atoms with E-state index in [-0.39, 0.29) is 17.7 Å². The zero-order valence-corrected chi connectivity index (χ0v) is 22.1. The molecule has 4 aromatic carbocycles. The molecular weight excluding hydrogens is 525 g/mol. The van der Waals surface area contributed by atoms with E-state index >= 15 is 0 Å². The first-order valence-electron chi connectivity index (χ1n) is 12.9. The molecule has 4 aromatic rings. The van der Waals surface area contributed by atoms with Crippen LogP contribution in [0.5, 0.6) is 5.75 Å². The van der Waals surface area contributed by atoms with Gasteiger partial charge in [-0.15, -0.1) is 0 Å². The molecule has 1 atom stereocenters. The molecule has 5 rings (SSSR count). The summed E-state index contributed by atoms with van der Waals surface area (Å²) in [6.45, 7) is -0.784. The van der Waals surface area contributed by atoms with E-state index in [9.17, 15) is 23.6 Å². The fourth-order valence-corrected chi connectivity index (χ4v) is 4.76. The van der Waals surface area contributed by atoms with Crippen molar-refractivity contribution in [2.75, 3.05) is 23.9 Å². The highest BCUT2D eigenvalue weighted by Crippen LogP contribution is 2.31. The molecule has 8 nitrogen and oxygen atoms in total. The maximum atomic E-state index is 14.9. The van der Waals surface area contributed by atoms with Crippen LogP contribution in [0, 0.1) is 5.82 Å². The maximum Gasteiger partial charge on any atom is 0.299 e. The summed E-state index contributed by atoms with van der Waals surface area (Å²) in [6.07, 6.45) is 0. The molecule has 0 aromatic heterocycles. The quantitative estimate of drug-likeness (QED) is 0.302. The molecule has 41 heavy (non-hydrogen) atoms. The van der Waals surface area contributed by atoms with Crippen molar-refractivity contribution in [3.8, 4) is 5.75 Å². The van der Waals surface area contributed by atoms with Crippen molar-refractivity contribution >= 4 is 34.9 Å². The monoisotopic (exact) mass is 551 g/mol. The van der Waals surface area contributed by atoms with E-state index in [4.69, 9.17) is 4.74 Å². The summed E-state index contributed by atoms with van der Waals surface area (Å²) in [5.74, 6) is -2.70. The van der Waals surface area contributed by atoms with E-state index in [1.165, 1.54) is 36.3 Å². The average Bonchev–Trinajstić information content (AvgIpc) is 3.23. The lowest BCUT2D eigenvalue weighted by molar-refractivity contribution is -0.139. The van der Waals surface area contributed by atoms with Crippen LogP contribution >= 0.6 is 0 Å². The Morgan fingerprint density at radius 2 is 1.54 bits per heavy atom. The fraction of sp³-hybridized carbons (Fsp3) is 0.125. The number of nitrogens with zero attached hydrogens (tertiary/aromatic N) is 2. The van der Waals surface area contributed by atoms with E-state index in [0.29, 0.717) is 22.7 Å². The van der Waals surface area contributed by atoms with Crippen LogP contribution in [0.25, 0.3) is 0 Å². The van der Waals surface area contributed by atoms with E-state index < -0.39 is 41.9 Å². The van der Waals surface area contributed by atoms with Gasteiger partial charge in [-0.05, 0) is 48.0 Å². The number of rotatable bonds is 9. The number of amides is 3. The number of ether oxygens (including phenoxy) is 1. The molecule has 0 saturated heterocycles. The van der Waals surface area contributed by atoms with Crippen LogP contribution in [0.4, 0.5) is 15.8 Å². The smallest absolute Gasteiger partial charge is 0.299 e. The van der Waals surface area contributed by atoms with Gasteiger partial charge in [-0.3, -0.25) is 24.1 Å². The van der Waals surface area contributed by atoms with Gasteiger partial charge in [-0.1, -0.05) is 60.7 Å². The second kappa shape index (κ2) is 11.8. The molecule has 1 aliphatic rings. The minimum absolute atomic E-state index is 0.184. The van der Waals surface area contributed by atoms with Crippen LogP contribution in [0.1, 0.15) is 27.5 Å². The van der Waals surface area contributed by atoms with Crippen LogP contribution in [-0.4, -0.2) is 42.1 Å². The number of methoxy groups -OCH3 is 1. The number of anilines is 2. The number of hydrogen-bond donors (Lipinski definition) is 1. The number of carbonyl (C=O) groups excluding carboxylic acids is 4. The molecule has 206 valence electrons. The normalized spacial score (nSPS) is 13.0. The van der Waals surface area contributed by atoms with E-state index in [2.05, 4.69) is 5.32 Å². The molecule has 0 aliphatic carbocycles. The third-order valence-corrected chi connectivity index (χ3v) is 6.82. The number of nitrogens with one attached hydrogen (secondary N) is 1. The Balaban J connectivity index is 1.53. The number of para-hydroxylation sites is 1. The van der Waals surface area contributed by atoms with Gasteiger partial charge < -0.3 is 15.0 Å². The predicted octanol–water partition coefficient (Wildman–Crippen LogP) is 4.77. The predicted molar refractivity (Wildman–Crippen MR) is 151 cm³/mol. The highest BCUT2D eigenvalue weighted by Gasteiger charge is 2.39. The third-order valence-electron chi connectivity index (χ3n) is 6.82. The summed E-state index contributed by atoms with van der Waals surface area (Å²) >= 11 is 0. The lowest BCUT2D eigenvalue weighted by atomic mass is 10.0. The van der Waals surface area contributed by atoms with Crippen LogP contribution < -0.4 is 15.0 Å². The molecule has 1 aliphatic heterocycles. The van der Waals surface area contributed by atoms with Crippen molar-refractivity contribution in [3.05, 3.63) is 126 Å². The molecular formula is C32H26FN3O5. The number of ketones is 1. The minimum atomic E-state index is -1.20. The number of Topliss-reactive ketones (excluding diaryl/α,β-unsaturated/α-hetero) is 1. The Morgan fingerprint density at radius 1 is 0.878 bits per heavy atom. The Morgan fingerprint density at radius 3 is 2.24 bits per heavy atom. The number of hydrogen-bond acceptors (Lipinski definition) is 5. The van der Waals surface area contributed by atoms with Crippen molar-refractivity contribution in [1.29, 1.82) is 0 Å². The SMILES string of the molecule is COc1ccc(NC(=O)[C@H](c2ccccc2)N(Cc2ccccc2F)C(=O)CN2C(=O)C(=O)c3ccccc32)cc1. The van der Waals surface area contributed by atoms with Gasteiger partial charge in [-0.25, -0.2) is 4.39 Å². The molecule has 9 heteroatoms. The fourth-order valence-electron chi connectivity index (χ4n) is 4.76. The molecule has 0 bridgehead atoms. The highest BCUT2D eigenvalue weighted by molar-refractivity contribution is 6.52. The first kappa shape index (κ1) is 27.3. The van der Waals surface area contributed by atoms with Crippen LogP contribution in [-0.2, 0) is 20.9 Å². The average molecular weight is 552 g/mol. The zero-order chi connectivity index (χ0) is 28.9. The molecule has 0 radical (unpaired) electrons. The third kappa shape index (κ3) is 5.69. The first-order valence-corrected chi connectivity index (χ1v) is 12.9. The second-order valence-electron chi connectivity index (χ2n) is 9.38. The summed E-state index contributed by atoms with van der Waals surface area (Å²) in [4.78, 5) is 55.7. The Bertz CT molecular complexity index is 1610. The Hall–Kier alpha value is -5.31. The number of carbonyl (C=O) groups is 4. The number of halogens is 1. The summed E-state index contributed by atoms with van der Waals surface area (Å²) in [6, 6.07) is 26.5. The van der Waals surface area contributed by atoms with Crippen molar-refractivity contribution in [2.24, 2.45) is 0 Å². The van der Waals surface area contributed by atoms with Crippen molar-refractivity contribution in [3.63, 3.8) is 0 Å². The largest absolute Gasteiger partial charge is 0.497 e. The van der Waals surface area contributed by atoms with Gasteiger partial charge in [0.1, 0.15) is 24.2 Å². The second-order valence-corrected chi connectivity index (χ2v) is 9.38. The zero-order valence-electron chi connectivity index (χ0n) is 22.1. The lowest BCUT2D eigenvalue weighted by Gasteiger charge is -2.33. The van der Waals surface area contributed by atoms with E-state index in [1.54, 1.807) is 78.9 Å².